The molecule has 0 radical (unpaired) electrons. The smallest absolute Gasteiger partial charge is 0.410 e. The van der Waals surface area contributed by atoms with Gasteiger partial charge in [0, 0.05) is 12.5 Å². The van der Waals surface area contributed by atoms with Gasteiger partial charge in [0.2, 0.25) is 0 Å². The predicted octanol–water partition coefficient (Wildman–Crippen LogP) is 4.12. The first-order valence-electron chi connectivity index (χ1n) is 9.98. The number of aliphatic carboxylic acids is 1. The Morgan fingerprint density at radius 2 is 1.64 bits per heavy atom. The van der Waals surface area contributed by atoms with Crippen LogP contribution in [0, 0.1) is 11.8 Å². The van der Waals surface area contributed by atoms with E-state index in [-0.39, 0.29) is 18.4 Å². The normalized spacial score (nSPS) is 25.3. The van der Waals surface area contributed by atoms with Crippen LogP contribution in [0.3, 0.4) is 0 Å². The van der Waals surface area contributed by atoms with E-state index in [9.17, 15) is 14.7 Å². The number of amides is 1. The molecule has 2 aromatic rings. The maximum absolute atomic E-state index is 12.9. The van der Waals surface area contributed by atoms with Crippen molar-refractivity contribution in [3.63, 3.8) is 0 Å². The predicted molar refractivity (Wildman–Crippen MR) is 104 cm³/mol. The summed E-state index contributed by atoms with van der Waals surface area (Å²) in [6.45, 7) is 0.717. The van der Waals surface area contributed by atoms with E-state index in [1.54, 1.807) is 0 Å². The first-order valence-corrected chi connectivity index (χ1v) is 9.98. The fraction of sp³-hybridized carbons (Fsp3) is 0.391. The first kappa shape index (κ1) is 17.3. The molecule has 1 N–H and O–H groups in total. The molecule has 28 heavy (non-hydrogen) atoms. The number of piperidine rings is 1. The number of benzene rings is 2. The molecule has 0 spiro atoms. The van der Waals surface area contributed by atoms with E-state index in [4.69, 9.17) is 4.74 Å². The van der Waals surface area contributed by atoms with Crippen molar-refractivity contribution in [2.45, 2.75) is 31.2 Å². The minimum absolute atomic E-state index is 0.0128. The second-order valence-electron chi connectivity index (χ2n) is 8.18. The highest BCUT2D eigenvalue weighted by Crippen LogP contribution is 2.45. The maximum atomic E-state index is 12.9. The Morgan fingerprint density at radius 3 is 2.29 bits per heavy atom. The van der Waals surface area contributed by atoms with Crippen molar-refractivity contribution in [2.24, 2.45) is 11.8 Å². The number of carboxylic acids is 1. The van der Waals surface area contributed by atoms with Gasteiger partial charge in [-0.05, 0) is 53.4 Å². The lowest BCUT2D eigenvalue weighted by Gasteiger charge is -2.37. The number of rotatable bonds is 3. The lowest BCUT2D eigenvalue weighted by molar-refractivity contribution is -0.146. The molecule has 5 nitrogen and oxygen atoms in total. The molecule has 2 bridgehead atoms. The third-order valence-corrected chi connectivity index (χ3v) is 6.64. The van der Waals surface area contributed by atoms with Crippen LogP contribution < -0.4 is 0 Å². The molecule has 1 amide bonds. The van der Waals surface area contributed by atoms with Crippen molar-refractivity contribution in [3.8, 4) is 11.1 Å². The Kier molecular flexibility index (Phi) is 4.11. The fourth-order valence-electron chi connectivity index (χ4n) is 5.41. The molecular weight excluding hydrogens is 354 g/mol. The quantitative estimate of drug-likeness (QED) is 0.874. The van der Waals surface area contributed by atoms with Crippen LogP contribution >= 0.6 is 0 Å². The zero-order chi connectivity index (χ0) is 19.3. The summed E-state index contributed by atoms with van der Waals surface area (Å²) in [4.78, 5) is 26.1. The van der Waals surface area contributed by atoms with Crippen molar-refractivity contribution in [1.82, 2.24) is 4.90 Å². The average molecular weight is 377 g/mol. The van der Waals surface area contributed by atoms with Crippen LogP contribution in [-0.2, 0) is 9.53 Å². The van der Waals surface area contributed by atoms with Gasteiger partial charge >= 0.3 is 12.1 Å². The van der Waals surface area contributed by atoms with E-state index in [1.165, 1.54) is 16.0 Å². The van der Waals surface area contributed by atoms with Crippen LogP contribution in [0.1, 0.15) is 36.3 Å². The summed E-state index contributed by atoms with van der Waals surface area (Å²) < 4.78 is 5.71. The summed E-state index contributed by atoms with van der Waals surface area (Å²) in [5.41, 5.74) is 4.67. The molecule has 1 aliphatic heterocycles. The van der Waals surface area contributed by atoms with E-state index in [0.29, 0.717) is 12.5 Å². The maximum Gasteiger partial charge on any atom is 0.410 e. The van der Waals surface area contributed by atoms with Crippen molar-refractivity contribution in [1.29, 1.82) is 0 Å². The highest BCUT2D eigenvalue weighted by atomic mass is 16.6. The van der Waals surface area contributed by atoms with E-state index in [2.05, 4.69) is 24.3 Å². The number of ether oxygens (including phenoxy) is 1. The molecule has 2 aliphatic carbocycles. The molecule has 5 rings (SSSR count). The fourth-order valence-corrected chi connectivity index (χ4v) is 5.41. The molecule has 2 fully saturated rings. The van der Waals surface area contributed by atoms with Gasteiger partial charge in [0.15, 0.2) is 0 Å². The van der Waals surface area contributed by atoms with Gasteiger partial charge in [0.05, 0.1) is 0 Å². The molecule has 3 atom stereocenters. The highest BCUT2D eigenvalue weighted by Gasteiger charge is 2.47. The summed E-state index contributed by atoms with van der Waals surface area (Å²) in [5, 5.41) is 9.67. The van der Waals surface area contributed by atoms with Gasteiger partial charge in [0.25, 0.3) is 0 Å². The molecule has 3 aliphatic rings. The van der Waals surface area contributed by atoms with E-state index in [1.807, 2.05) is 24.3 Å². The molecular formula is C23H23NO4. The number of fused-ring (bicyclic) bond motifs is 5. The minimum atomic E-state index is -0.918. The first-order chi connectivity index (χ1) is 13.6. The molecule has 144 valence electrons. The highest BCUT2D eigenvalue weighted by molar-refractivity contribution is 5.81. The van der Waals surface area contributed by atoms with Crippen LogP contribution in [0.5, 0.6) is 0 Å². The molecule has 2 aromatic carbocycles. The van der Waals surface area contributed by atoms with Crippen molar-refractivity contribution in [2.75, 3.05) is 13.2 Å². The van der Waals surface area contributed by atoms with Crippen LogP contribution in [0.4, 0.5) is 4.79 Å². The number of hydrogen-bond acceptors (Lipinski definition) is 3. The zero-order valence-electron chi connectivity index (χ0n) is 15.6. The van der Waals surface area contributed by atoms with Crippen molar-refractivity contribution >= 4 is 12.1 Å². The van der Waals surface area contributed by atoms with E-state index < -0.39 is 18.1 Å². The van der Waals surface area contributed by atoms with Gasteiger partial charge in [-0.2, -0.15) is 0 Å². The third-order valence-electron chi connectivity index (χ3n) is 6.64. The Bertz CT molecular complexity index is 894. The van der Waals surface area contributed by atoms with Gasteiger partial charge in [-0.15, -0.1) is 0 Å². The summed E-state index contributed by atoms with van der Waals surface area (Å²) in [5.74, 6) is -0.474. The molecule has 1 saturated heterocycles. The largest absolute Gasteiger partial charge is 0.480 e. The number of carbonyl (C=O) groups is 2. The second-order valence-corrected chi connectivity index (χ2v) is 8.18. The Balaban J connectivity index is 1.36. The van der Waals surface area contributed by atoms with Crippen LogP contribution in [0.25, 0.3) is 11.1 Å². The van der Waals surface area contributed by atoms with Crippen LogP contribution in [0.15, 0.2) is 48.5 Å². The number of carboxylic acid groups (broad SMARTS) is 1. The lowest BCUT2D eigenvalue weighted by Crippen LogP contribution is -2.53. The summed E-state index contributed by atoms with van der Waals surface area (Å²) in [7, 11) is 0. The average Bonchev–Trinajstić information content (AvgIpc) is 3.24. The minimum Gasteiger partial charge on any atom is -0.480 e. The number of nitrogens with zero attached hydrogens (tertiary/aromatic N) is 1. The lowest BCUT2D eigenvalue weighted by atomic mass is 9.91. The standard InChI is InChI=1S/C23H23NO4/c25-22(26)21-15-10-9-14(11-15)12-24(21)23(27)28-13-20-18-7-3-1-5-16(18)17-6-2-4-8-19(17)20/h1-8,14-15,20-21H,9-13H2,(H,25,26)/t14-,15+,21-/m0/s1. The van der Waals surface area contributed by atoms with Gasteiger partial charge in [-0.25, -0.2) is 9.59 Å². The van der Waals surface area contributed by atoms with Gasteiger partial charge < -0.3 is 9.84 Å². The molecule has 1 heterocycles. The van der Waals surface area contributed by atoms with Crippen LogP contribution in [0.2, 0.25) is 0 Å². The van der Waals surface area contributed by atoms with Gasteiger partial charge in [-0.1, -0.05) is 48.5 Å². The van der Waals surface area contributed by atoms with Crippen molar-refractivity contribution in [3.05, 3.63) is 59.7 Å². The van der Waals surface area contributed by atoms with E-state index in [0.717, 1.165) is 30.4 Å². The summed E-state index contributed by atoms with van der Waals surface area (Å²) >= 11 is 0. The monoisotopic (exact) mass is 377 g/mol. The Labute approximate surface area is 163 Å². The molecule has 1 saturated carbocycles. The topological polar surface area (TPSA) is 66.8 Å². The van der Waals surface area contributed by atoms with Gasteiger partial charge in [0.1, 0.15) is 12.6 Å². The summed E-state index contributed by atoms with van der Waals surface area (Å²) in [6.07, 6.45) is 2.30. The SMILES string of the molecule is O=C(O)[C@@H]1[C@@H]2CC[C@@H](C2)CN1C(=O)OCC1c2ccccc2-c2ccccc21. The molecule has 5 heteroatoms. The van der Waals surface area contributed by atoms with Crippen LogP contribution in [-0.4, -0.2) is 41.3 Å². The molecule has 0 unspecified atom stereocenters. The Morgan fingerprint density at radius 1 is 1.00 bits per heavy atom. The summed E-state index contributed by atoms with van der Waals surface area (Å²) in [6, 6.07) is 15.6. The zero-order valence-corrected chi connectivity index (χ0v) is 15.6. The third kappa shape index (κ3) is 2.68. The molecule has 0 aromatic heterocycles. The van der Waals surface area contributed by atoms with E-state index >= 15 is 0 Å². The number of likely N-dealkylation sites (tertiary alicyclic amines) is 1. The van der Waals surface area contributed by atoms with Crippen molar-refractivity contribution < 1.29 is 19.4 Å². The van der Waals surface area contributed by atoms with Gasteiger partial charge in [-0.3, -0.25) is 4.90 Å². The Hall–Kier alpha value is -2.82. The number of carbonyl (C=O) groups excluding carboxylic acids is 1. The number of hydrogen-bond donors (Lipinski definition) is 1. The second kappa shape index (κ2) is 6.66.